The van der Waals surface area contributed by atoms with E-state index in [1.165, 1.54) is 29.8 Å². The van der Waals surface area contributed by atoms with Crippen LogP contribution in [0.1, 0.15) is 24.4 Å². The summed E-state index contributed by atoms with van der Waals surface area (Å²) >= 11 is 0. The summed E-state index contributed by atoms with van der Waals surface area (Å²) in [6.45, 7) is 6.58. The highest BCUT2D eigenvalue weighted by Gasteiger charge is 2.27. The Kier molecular flexibility index (Phi) is 6.27. The van der Waals surface area contributed by atoms with Gasteiger partial charge >= 0.3 is 0 Å². The summed E-state index contributed by atoms with van der Waals surface area (Å²) in [6.07, 6.45) is 0. The number of carbonyl (C=O) groups is 1. The molecule has 0 bridgehead atoms. The van der Waals surface area contributed by atoms with E-state index in [2.05, 4.69) is 15.1 Å². The normalized spacial score (nSPS) is 15.6. The Morgan fingerprint density at radius 1 is 1.06 bits per heavy atom. The Morgan fingerprint density at radius 3 is 2.42 bits per heavy atom. The number of piperazine rings is 1. The van der Waals surface area contributed by atoms with Crippen LogP contribution in [0.3, 0.4) is 0 Å². The largest absolute Gasteiger partial charge is 0.484 e. The summed E-state index contributed by atoms with van der Waals surface area (Å²) in [7, 11) is 0. The third-order valence-corrected chi connectivity index (χ3v) is 5.49. The van der Waals surface area contributed by atoms with Crippen LogP contribution < -0.4 is 4.74 Å². The van der Waals surface area contributed by atoms with Crippen molar-refractivity contribution in [2.24, 2.45) is 0 Å². The number of hydrogen-bond donors (Lipinski definition) is 0. The molecule has 1 fully saturated rings. The van der Waals surface area contributed by atoms with Gasteiger partial charge in [0.1, 0.15) is 11.6 Å². The molecule has 0 saturated carbocycles. The molecule has 7 nitrogen and oxygen atoms in total. The zero-order chi connectivity index (χ0) is 21.8. The molecule has 1 saturated heterocycles. The lowest BCUT2D eigenvalue weighted by Crippen LogP contribution is -2.50. The lowest BCUT2D eigenvalue weighted by Gasteiger charge is -2.36. The van der Waals surface area contributed by atoms with E-state index in [0.29, 0.717) is 43.7 Å². The number of halogens is 1. The SMILES string of the molecule is Cc1ccc(-c2nnc(C(C)N3CCN(C(=O)COc4ccc(F)cc4)CC3)o2)cc1. The van der Waals surface area contributed by atoms with Gasteiger partial charge in [0.15, 0.2) is 6.61 Å². The van der Waals surface area contributed by atoms with Gasteiger partial charge in [-0.05, 0) is 50.2 Å². The average molecular weight is 424 g/mol. The highest BCUT2D eigenvalue weighted by molar-refractivity contribution is 5.77. The average Bonchev–Trinajstić information content (AvgIpc) is 3.29. The minimum Gasteiger partial charge on any atom is -0.484 e. The molecule has 0 radical (unpaired) electrons. The monoisotopic (exact) mass is 424 g/mol. The molecule has 1 aliphatic rings. The van der Waals surface area contributed by atoms with E-state index in [1.54, 1.807) is 4.90 Å². The first kappa shape index (κ1) is 21.0. The van der Waals surface area contributed by atoms with Crippen molar-refractivity contribution in [3.05, 3.63) is 65.8 Å². The number of aryl methyl sites for hydroxylation is 1. The first-order valence-electron chi connectivity index (χ1n) is 10.3. The third kappa shape index (κ3) is 5.08. The smallest absolute Gasteiger partial charge is 0.260 e. The fourth-order valence-corrected chi connectivity index (χ4v) is 3.50. The zero-order valence-corrected chi connectivity index (χ0v) is 17.6. The van der Waals surface area contributed by atoms with Gasteiger partial charge in [-0.25, -0.2) is 4.39 Å². The van der Waals surface area contributed by atoms with Gasteiger partial charge in [0, 0.05) is 31.7 Å². The molecule has 2 heterocycles. The Bertz CT molecular complexity index is 1010. The fraction of sp³-hybridized carbons (Fsp3) is 0.348. The summed E-state index contributed by atoms with van der Waals surface area (Å²) in [5, 5.41) is 8.41. The number of nitrogens with zero attached hydrogens (tertiary/aromatic N) is 4. The number of carbonyl (C=O) groups excluding carboxylic acids is 1. The van der Waals surface area contributed by atoms with Crippen LogP contribution in [0.4, 0.5) is 4.39 Å². The summed E-state index contributed by atoms with van der Waals surface area (Å²) in [5.74, 6) is 1.12. The van der Waals surface area contributed by atoms with Crippen LogP contribution in [-0.4, -0.2) is 58.7 Å². The number of ether oxygens (including phenoxy) is 1. The molecule has 4 rings (SSSR count). The standard InChI is InChI=1S/C23H25FN4O3/c1-16-3-5-18(6-4-16)23-26-25-22(31-23)17(2)27-11-13-28(14-12-27)21(29)15-30-20-9-7-19(24)8-10-20/h3-10,17H,11-15H2,1-2H3. The molecule has 3 aromatic rings. The molecule has 1 aliphatic heterocycles. The number of rotatable bonds is 6. The van der Waals surface area contributed by atoms with Crippen molar-refractivity contribution >= 4 is 5.91 Å². The Hall–Kier alpha value is -3.26. The quantitative estimate of drug-likeness (QED) is 0.604. The van der Waals surface area contributed by atoms with Crippen molar-refractivity contribution in [2.45, 2.75) is 19.9 Å². The predicted octanol–water partition coefficient (Wildman–Crippen LogP) is 3.47. The van der Waals surface area contributed by atoms with Crippen LogP contribution in [0.2, 0.25) is 0 Å². The first-order valence-corrected chi connectivity index (χ1v) is 10.3. The van der Waals surface area contributed by atoms with Gasteiger partial charge in [-0.2, -0.15) is 0 Å². The van der Waals surface area contributed by atoms with E-state index in [0.717, 1.165) is 5.56 Å². The molecule has 31 heavy (non-hydrogen) atoms. The maximum Gasteiger partial charge on any atom is 0.260 e. The molecule has 1 aromatic heterocycles. The summed E-state index contributed by atoms with van der Waals surface area (Å²) in [5.41, 5.74) is 2.07. The van der Waals surface area contributed by atoms with E-state index in [1.807, 2.05) is 38.1 Å². The van der Waals surface area contributed by atoms with Crippen molar-refractivity contribution in [1.29, 1.82) is 0 Å². The molecule has 0 N–H and O–H groups in total. The first-order chi connectivity index (χ1) is 15.0. The van der Waals surface area contributed by atoms with E-state index < -0.39 is 0 Å². The minimum atomic E-state index is -0.337. The second kappa shape index (κ2) is 9.26. The molecule has 0 aliphatic carbocycles. The Labute approximate surface area is 180 Å². The fourth-order valence-electron chi connectivity index (χ4n) is 3.50. The zero-order valence-electron chi connectivity index (χ0n) is 17.6. The van der Waals surface area contributed by atoms with Gasteiger partial charge in [0.05, 0.1) is 6.04 Å². The molecule has 1 amide bonds. The highest BCUT2D eigenvalue weighted by atomic mass is 19.1. The lowest BCUT2D eigenvalue weighted by molar-refractivity contribution is -0.135. The molecule has 0 spiro atoms. The summed E-state index contributed by atoms with van der Waals surface area (Å²) in [6, 6.07) is 13.6. The van der Waals surface area contributed by atoms with Crippen molar-refractivity contribution in [3.63, 3.8) is 0 Å². The molecule has 2 aromatic carbocycles. The van der Waals surface area contributed by atoms with E-state index in [9.17, 15) is 9.18 Å². The van der Waals surface area contributed by atoms with Gasteiger partial charge in [-0.1, -0.05) is 17.7 Å². The summed E-state index contributed by atoms with van der Waals surface area (Å²) < 4.78 is 24.3. The summed E-state index contributed by atoms with van der Waals surface area (Å²) in [4.78, 5) is 16.4. The highest BCUT2D eigenvalue weighted by Crippen LogP contribution is 2.25. The van der Waals surface area contributed by atoms with Crippen LogP contribution in [-0.2, 0) is 4.79 Å². The van der Waals surface area contributed by atoms with Crippen LogP contribution >= 0.6 is 0 Å². The Morgan fingerprint density at radius 2 is 1.74 bits per heavy atom. The minimum absolute atomic E-state index is 0.0422. The van der Waals surface area contributed by atoms with E-state index >= 15 is 0 Å². The van der Waals surface area contributed by atoms with Crippen LogP contribution in [0.15, 0.2) is 52.9 Å². The third-order valence-electron chi connectivity index (χ3n) is 5.49. The Balaban J connectivity index is 1.28. The maximum atomic E-state index is 13.0. The number of amides is 1. The van der Waals surface area contributed by atoms with Gasteiger partial charge in [-0.15, -0.1) is 10.2 Å². The second-order valence-electron chi connectivity index (χ2n) is 7.65. The number of hydrogen-bond acceptors (Lipinski definition) is 6. The number of benzene rings is 2. The molecule has 1 atom stereocenters. The van der Waals surface area contributed by atoms with Crippen LogP contribution in [0, 0.1) is 12.7 Å². The predicted molar refractivity (Wildman–Crippen MR) is 113 cm³/mol. The van der Waals surface area contributed by atoms with E-state index in [4.69, 9.17) is 9.15 Å². The van der Waals surface area contributed by atoms with Gasteiger partial charge in [0.25, 0.3) is 5.91 Å². The topological polar surface area (TPSA) is 71.7 Å². The molecule has 8 heteroatoms. The van der Waals surface area contributed by atoms with Crippen molar-refractivity contribution in [1.82, 2.24) is 20.0 Å². The molecular formula is C23H25FN4O3. The van der Waals surface area contributed by atoms with E-state index in [-0.39, 0.29) is 24.4 Å². The van der Waals surface area contributed by atoms with Crippen LogP contribution in [0.5, 0.6) is 5.75 Å². The van der Waals surface area contributed by atoms with Gasteiger partial charge < -0.3 is 14.1 Å². The van der Waals surface area contributed by atoms with Crippen molar-refractivity contribution in [2.75, 3.05) is 32.8 Å². The second-order valence-corrected chi connectivity index (χ2v) is 7.65. The molecule has 162 valence electrons. The van der Waals surface area contributed by atoms with Gasteiger partial charge in [-0.3, -0.25) is 9.69 Å². The lowest BCUT2D eigenvalue weighted by atomic mass is 10.1. The number of aromatic nitrogens is 2. The molecule has 1 unspecified atom stereocenters. The van der Waals surface area contributed by atoms with Crippen molar-refractivity contribution < 1.29 is 18.3 Å². The maximum absolute atomic E-state index is 13.0. The molecular weight excluding hydrogens is 399 g/mol. The van der Waals surface area contributed by atoms with Gasteiger partial charge in [0.2, 0.25) is 11.8 Å². The van der Waals surface area contributed by atoms with Crippen LogP contribution in [0.25, 0.3) is 11.5 Å². The van der Waals surface area contributed by atoms with Crippen molar-refractivity contribution in [3.8, 4) is 17.2 Å².